The Morgan fingerprint density at radius 2 is 1.77 bits per heavy atom. The molecule has 1 rings (SSSR count). The van der Waals surface area contributed by atoms with Crippen molar-refractivity contribution < 1.29 is 34.8 Å². The number of nitrogens with zero attached hydrogens (tertiary/aromatic N) is 2. The van der Waals surface area contributed by atoms with Crippen LogP contribution in [0.4, 0.5) is 26.3 Å². The molecule has 0 heterocycles. The lowest BCUT2D eigenvalue weighted by Crippen LogP contribution is -2.38. The summed E-state index contributed by atoms with van der Waals surface area (Å²) in [7, 11) is -4.60. The number of hydrogen-bond donors (Lipinski definition) is 1. The van der Waals surface area contributed by atoms with E-state index in [-0.39, 0.29) is 23.2 Å². The molecule has 13 heteroatoms. The Balaban J connectivity index is 3.43. The second kappa shape index (κ2) is 7.77. The lowest BCUT2D eigenvalue weighted by atomic mass is 10.0. The number of sulfonamides is 1. The van der Waals surface area contributed by atoms with Crippen LogP contribution in [-0.4, -0.2) is 30.8 Å². The van der Waals surface area contributed by atoms with Crippen molar-refractivity contribution in [2.24, 2.45) is 5.73 Å². The Hall–Kier alpha value is -1.91. The van der Waals surface area contributed by atoms with Crippen molar-refractivity contribution in [1.29, 1.82) is 5.26 Å². The minimum atomic E-state index is -5.07. The largest absolute Gasteiger partial charge is 0.416 e. The Morgan fingerprint density at radius 1 is 1.19 bits per heavy atom. The van der Waals surface area contributed by atoms with E-state index in [1.165, 1.54) is 6.07 Å². The monoisotopic (exact) mass is 419 g/mol. The summed E-state index contributed by atoms with van der Waals surface area (Å²) in [6.07, 6.45) is -10.0. The highest BCUT2D eigenvalue weighted by atomic mass is 32.2. The summed E-state index contributed by atoms with van der Waals surface area (Å²) in [5.41, 5.74) is 1.12. The number of alkyl halides is 6. The molecule has 144 valence electrons. The standard InChI is InChI=1S/C13H11F6N3O2S2/c14-12(15,16)9-1-2-10(13(17,18)19)8(5-9)7-26(23,24)22(4-3-20)6-11(21)25/h1-2,5H,4,6-7H2,(H2,21,25). The molecule has 0 unspecified atom stereocenters. The zero-order chi connectivity index (χ0) is 20.3. The van der Waals surface area contributed by atoms with E-state index in [0.717, 1.165) is 0 Å². The van der Waals surface area contributed by atoms with Gasteiger partial charge < -0.3 is 5.73 Å². The molecule has 0 amide bonds. The molecule has 0 aliphatic carbocycles. The van der Waals surface area contributed by atoms with Gasteiger partial charge in [0.1, 0.15) is 6.54 Å². The summed E-state index contributed by atoms with van der Waals surface area (Å²) in [5.74, 6) is -1.41. The Bertz CT molecular complexity index is 828. The zero-order valence-electron chi connectivity index (χ0n) is 12.7. The van der Waals surface area contributed by atoms with Crippen molar-refractivity contribution in [2.45, 2.75) is 18.1 Å². The minimum absolute atomic E-state index is 0.117. The summed E-state index contributed by atoms with van der Waals surface area (Å²) in [6.45, 7) is -1.41. The Kier molecular flexibility index (Phi) is 6.61. The fourth-order valence-electron chi connectivity index (χ4n) is 1.96. The molecule has 0 saturated carbocycles. The van der Waals surface area contributed by atoms with Crippen LogP contribution in [0.1, 0.15) is 16.7 Å². The van der Waals surface area contributed by atoms with Crippen molar-refractivity contribution in [3.8, 4) is 6.07 Å². The van der Waals surface area contributed by atoms with Crippen LogP contribution in [0.15, 0.2) is 18.2 Å². The number of nitriles is 1. The molecule has 0 bridgehead atoms. The highest BCUT2D eigenvalue weighted by Gasteiger charge is 2.38. The maximum atomic E-state index is 13.0. The maximum Gasteiger partial charge on any atom is 0.416 e. The van der Waals surface area contributed by atoms with Gasteiger partial charge in [-0.25, -0.2) is 8.42 Å². The van der Waals surface area contributed by atoms with Crippen molar-refractivity contribution >= 4 is 27.2 Å². The third-order valence-corrected chi connectivity index (χ3v) is 4.90. The zero-order valence-corrected chi connectivity index (χ0v) is 14.4. The predicted molar refractivity (Wildman–Crippen MR) is 83.0 cm³/mol. The van der Waals surface area contributed by atoms with Crippen LogP contribution in [0.3, 0.4) is 0 Å². The highest BCUT2D eigenvalue weighted by Crippen LogP contribution is 2.37. The molecule has 0 radical (unpaired) electrons. The number of thiocarbonyl (C=S) groups is 1. The van der Waals surface area contributed by atoms with Gasteiger partial charge in [0.15, 0.2) is 0 Å². The second-order valence-electron chi connectivity index (χ2n) is 5.02. The first-order valence-electron chi connectivity index (χ1n) is 6.59. The van der Waals surface area contributed by atoms with Crippen molar-refractivity contribution in [3.63, 3.8) is 0 Å². The van der Waals surface area contributed by atoms with Crippen LogP contribution in [0.2, 0.25) is 0 Å². The van der Waals surface area contributed by atoms with Gasteiger partial charge in [-0.2, -0.15) is 35.9 Å². The molecule has 0 saturated heterocycles. The first kappa shape index (κ1) is 22.1. The van der Waals surface area contributed by atoms with Gasteiger partial charge >= 0.3 is 12.4 Å². The van der Waals surface area contributed by atoms with E-state index >= 15 is 0 Å². The van der Waals surface area contributed by atoms with Gasteiger partial charge in [0.2, 0.25) is 10.0 Å². The molecule has 0 spiro atoms. The van der Waals surface area contributed by atoms with Gasteiger partial charge in [-0.3, -0.25) is 0 Å². The van der Waals surface area contributed by atoms with Gasteiger partial charge in [0.05, 0.1) is 34.5 Å². The smallest absolute Gasteiger partial charge is 0.392 e. The fourth-order valence-corrected chi connectivity index (χ4v) is 3.60. The van der Waals surface area contributed by atoms with Gasteiger partial charge in [-0.05, 0) is 23.8 Å². The van der Waals surface area contributed by atoms with Crippen LogP contribution in [0.25, 0.3) is 0 Å². The summed E-state index contributed by atoms with van der Waals surface area (Å²) >= 11 is 4.51. The normalized spacial score (nSPS) is 12.8. The van der Waals surface area contributed by atoms with Crippen molar-refractivity contribution in [1.82, 2.24) is 4.31 Å². The van der Waals surface area contributed by atoms with Crippen molar-refractivity contribution in [3.05, 3.63) is 34.9 Å². The Labute approximate surface area is 150 Å². The molecule has 0 aliphatic rings. The number of halogens is 6. The first-order chi connectivity index (χ1) is 11.7. The van der Waals surface area contributed by atoms with Gasteiger partial charge in [0.25, 0.3) is 0 Å². The summed E-state index contributed by atoms with van der Waals surface area (Å²) in [4.78, 5) is -0.357. The van der Waals surface area contributed by atoms with E-state index < -0.39 is 57.9 Å². The minimum Gasteiger partial charge on any atom is -0.392 e. The third-order valence-electron chi connectivity index (χ3n) is 3.05. The molecule has 1 aromatic rings. The predicted octanol–water partition coefficient (Wildman–Crippen LogP) is 2.67. The molecule has 26 heavy (non-hydrogen) atoms. The van der Waals surface area contributed by atoms with E-state index in [2.05, 4.69) is 12.2 Å². The van der Waals surface area contributed by atoms with E-state index in [1.54, 1.807) is 0 Å². The fraction of sp³-hybridized carbons (Fsp3) is 0.385. The van der Waals surface area contributed by atoms with Crippen LogP contribution < -0.4 is 5.73 Å². The number of hydrogen-bond acceptors (Lipinski definition) is 4. The molecule has 0 atom stereocenters. The van der Waals surface area contributed by atoms with Gasteiger partial charge in [-0.1, -0.05) is 12.2 Å². The van der Waals surface area contributed by atoms with Crippen LogP contribution in [0, 0.1) is 11.3 Å². The average Bonchev–Trinajstić information content (AvgIpc) is 2.43. The molecule has 5 nitrogen and oxygen atoms in total. The number of nitrogens with two attached hydrogens (primary N) is 1. The molecule has 2 N–H and O–H groups in total. The SMILES string of the molecule is N#CCN(CC(N)=S)S(=O)(=O)Cc1cc(C(F)(F)F)ccc1C(F)(F)F. The Morgan fingerprint density at radius 3 is 2.19 bits per heavy atom. The lowest BCUT2D eigenvalue weighted by molar-refractivity contribution is -0.141. The molecule has 1 aromatic carbocycles. The van der Waals surface area contributed by atoms with Crippen LogP contribution >= 0.6 is 12.2 Å². The average molecular weight is 419 g/mol. The van der Waals surface area contributed by atoms with E-state index in [4.69, 9.17) is 11.0 Å². The molecular formula is C13H11F6N3O2S2. The second-order valence-corrected chi connectivity index (χ2v) is 7.51. The van der Waals surface area contributed by atoms with Crippen LogP contribution in [-0.2, 0) is 28.1 Å². The summed E-state index contributed by atoms with van der Waals surface area (Å²) < 4.78 is 102. The lowest BCUT2D eigenvalue weighted by Gasteiger charge is -2.21. The molecule has 0 fully saturated rings. The maximum absolute atomic E-state index is 13.0. The molecular weight excluding hydrogens is 408 g/mol. The number of rotatable bonds is 6. The van der Waals surface area contributed by atoms with E-state index in [0.29, 0.717) is 4.31 Å². The van der Waals surface area contributed by atoms with Crippen molar-refractivity contribution in [2.75, 3.05) is 13.1 Å². The van der Waals surface area contributed by atoms with Gasteiger partial charge in [0, 0.05) is 0 Å². The van der Waals surface area contributed by atoms with E-state index in [9.17, 15) is 34.8 Å². The number of benzene rings is 1. The first-order valence-corrected chi connectivity index (χ1v) is 8.60. The van der Waals surface area contributed by atoms with E-state index in [1.807, 2.05) is 0 Å². The summed E-state index contributed by atoms with van der Waals surface area (Å²) in [5, 5.41) is 8.64. The highest BCUT2D eigenvalue weighted by molar-refractivity contribution is 7.88. The quantitative estimate of drug-likeness (QED) is 0.435. The topological polar surface area (TPSA) is 87.2 Å². The van der Waals surface area contributed by atoms with Crippen LogP contribution in [0.5, 0.6) is 0 Å². The molecule has 0 aliphatic heterocycles. The van der Waals surface area contributed by atoms with Gasteiger partial charge in [-0.15, -0.1) is 0 Å². The summed E-state index contributed by atoms with van der Waals surface area (Å²) in [6, 6.07) is 1.96. The molecule has 0 aromatic heterocycles. The third kappa shape index (κ3) is 5.82.